The molecule has 1 saturated heterocycles. The zero-order valence-corrected chi connectivity index (χ0v) is 14.7. The van der Waals surface area contributed by atoms with E-state index in [0.717, 1.165) is 30.6 Å². The van der Waals surface area contributed by atoms with Crippen molar-refractivity contribution >= 4 is 35.6 Å². The van der Waals surface area contributed by atoms with Crippen LogP contribution in [0.15, 0.2) is 48.5 Å². The van der Waals surface area contributed by atoms with Crippen molar-refractivity contribution in [1.29, 1.82) is 0 Å². The van der Waals surface area contributed by atoms with Gasteiger partial charge in [0.1, 0.15) is 0 Å². The molecule has 0 saturated carbocycles. The van der Waals surface area contributed by atoms with Gasteiger partial charge in [-0.15, -0.1) is 12.4 Å². The second-order valence-corrected chi connectivity index (χ2v) is 5.91. The highest BCUT2D eigenvalue weighted by atomic mass is 35.5. The first-order valence-corrected chi connectivity index (χ1v) is 8.18. The Morgan fingerprint density at radius 3 is 2.56 bits per heavy atom. The predicted molar refractivity (Wildman–Crippen MR) is 102 cm³/mol. The summed E-state index contributed by atoms with van der Waals surface area (Å²) in [6.07, 6.45) is 2.55. The van der Waals surface area contributed by atoms with Crippen LogP contribution in [0, 0.1) is 0 Å². The Morgan fingerprint density at radius 2 is 1.88 bits per heavy atom. The number of nitrogens with zero attached hydrogens (tertiary/aromatic N) is 1. The minimum absolute atomic E-state index is 0. The number of nitrogens with one attached hydrogen (secondary N) is 1. The van der Waals surface area contributed by atoms with Crippen molar-refractivity contribution in [2.75, 3.05) is 16.8 Å². The molecule has 3 N–H and O–H groups in total. The van der Waals surface area contributed by atoms with E-state index in [0.29, 0.717) is 24.2 Å². The van der Waals surface area contributed by atoms with E-state index >= 15 is 0 Å². The number of rotatable bonds is 4. The molecule has 2 aromatic rings. The van der Waals surface area contributed by atoms with Gasteiger partial charge in [-0.3, -0.25) is 9.59 Å². The lowest BCUT2D eigenvalue weighted by Gasteiger charge is -2.27. The number of anilines is 2. The number of hydrogen-bond acceptors (Lipinski definition) is 3. The van der Waals surface area contributed by atoms with E-state index in [1.54, 1.807) is 17.0 Å². The SMILES string of the molecule is Cl.NCc1ccc(C(=O)Nc2cccc(N3CCCCC3=O)c2)cc1. The standard InChI is InChI=1S/C19H21N3O2.ClH/c20-13-14-7-9-15(10-8-14)19(24)21-16-4-3-5-17(12-16)22-11-2-1-6-18(22)23;/h3-5,7-10,12H,1-2,6,11,13,20H2,(H,21,24);1H. The highest BCUT2D eigenvalue weighted by Gasteiger charge is 2.19. The van der Waals surface area contributed by atoms with Crippen LogP contribution in [0.3, 0.4) is 0 Å². The molecule has 0 unspecified atom stereocenters. The van der Waals surface area contributed by atoms with E-state index in [9.17, 15) is 9.59 Å². The highest BCUT2D eigenvalue weighted by Crippen LogP contribution is 2.24. The number of carbonyl (C=O) groups excluding carboxylic acids is 2. The van der Waals surface area contributed by atoms with Gasteiger partial charge in [-0.2, -0.15) is 0 Å². The van der Waals surface area contributed by atoms with Crippen LogP contribution >= 0.6 is 12.4 Å². The molecule has 3 rings (SSSR count). The maximum absolute atomic E-state index is 12.3. The summed E-state index contributed by atoms with van der Waals surface area (Å²) in [6, 6.07) is 14.6. The Balaban J connectivity index is 0.00000225. The Kier molecular flexibility index (Phi) is 6.56. The normalized spacial score (nSPS) is 14.0. The lowest BCUT2D eigenvalue weighted by molar-refractivity contribution is -0.119. The minimum Gasteiger partial charge on any atom is -0.326 e. The lowest BCUT2D eigenvalue weighted by Crippen LogP contribution is -2.35. The molecule has 1 heterocycles. The summed E-state index contributed by atoms with van der Waals surface area (Å²) in [4.78, 5) is 26.2. The van der Waals surface area contributed by atoms with Crippen molar-refractivity contribution in [3.8, 4) is 0 Å². The maximum Gasteiger partial charge on any atom is 0.255 e. The summed E-state index contributed by atoms with van der Waals surface area (Å²) < 4.78 is 0. The number of halogens is 1. The van der Waals surface area contributed by atoms with E-state index in [4.69, 9.17) is 5.73 Å². The van der Waals surface area contributed by atoms with Gasteiger partial charge in [-0.1, -0.05) is 18.2 Å². The fourth-order valence-electron chi connectivity index (χ4n) is 2.83. The number of benzene rings is 2. The highest BCUT2D eigenvalue weighted by molar-refractivity contribution is 6.04. The van der Waals surface area contributed by atoms with Gasteiger partial charge in [0, 0.05) is 36.4 Å². The topological polar surface area (TPSA) is 75.4 Å². The first-order chi connectivity index (χ1) is 11.7. The molecule has 2 amide bonds. The lowest BCUT2D eigenvalue weighted by atomic mass is 10.1. The molecule has 0 bridgehead atoms. The summed E-state index contributed by atoms with van der Waals surface area (Å²) in [5, 5.41) is 2.88. The van der Waals surface area contributed by atoms with Crippen molar-refractivity contribution in [3.05, 3.63) is 59.7 Å². The van der Waals surface area contributed by atoms with Crippen LogP contribution in [-0.4, -0.2) is 18.4 Å². The molecule has 0 aromatic heterocycles. The van der Waals surface area contributed by atoms with E-state index in [1.165, 1.54) is 0 Å². The first kappa shape index (κ1) is 19.0. The average molecular weight is 360 g/mol. The van der Waals surface area contributed by atoms with Gasteiger partial charge < -0.3 is 16.0 Å². The van der Waals surface area contributed by atoms with Crippen LogP contribution in [0.25, 0.3) is 0 Å². The van der Waals surface area contributed by atoms with Crippen LogP contribution in [0.1, 0.15) is 35.2 Å². The monoisotopic (exact) mass is 359 g/mol. The van der Waals surface area contributed by atoms with E-state index in [2.05, 4.69) is 5.32 Å². The Morgan fingerprint density at radius 1 is 1.12 bits per heavy atom. The third-order valence-corrected chi connectivity index (χ3v) is 4.19. The average Bonchev–Trinajstić information content (AvgIpc) is 2.62. The second-order valence-electron chi connectivity index (χ2n) is 5.91. The van der Waals surface area contributed by atoms with Crippen molar-refractivity contribution in [2.45, 2.75) is 25.8 Å². The van der Waals surface area contributed by atoms with Crippen molar-refractivity contribution in [1.82, 2.24) is 0 Å². The Bertz CT molecular complexity index is 747. The molecule has 6 heteroatoms. The van der Waals surface area contributed by atoms with Gasteiger partial charge in [0.05, 0.1) is 0 Å². The molecular weight excluding hydrogens is 338 g/mol. The van der Waals surface area contributed by atoms with Gasteiger partial charge in [-0.25, -0.2) is 0 Å². The van der Waals surface area contributed by atoms with E-state index in [-0.39, 0.29) is 24.2 Å². The quantitative estimate of drug-likeness (QED) is 0.879. The van der Waals surface area contributed by atoms with Crippen LogP contribution in [-0.2, 0) is 11.3 Å². The molecule has 1 fully saturated rings. The molecule has 132 valence electrons. The number of carbonyl (C=O) groups is 2. The van der Waals surface area contributed by atoms with Crippen molar-refractivity contribution < 1.29 is 9.59 Å². The van der Waals surface area contributed by atoms with Crippen LogP contribution in [0.4, 0.5) is 11.4 Å². The minimum atomic E-state index is -0.180. The van der Waals surface area contributed by atoms with Gasteiger partial charge in [0.2, 0.25) is 5.91 Å². The molecule has 2 aromatic carbocycles. The summed E-state index contributed by atoms with van der Waals surface area (Å²) in [7, 11) is 0. The fourth-order valence-corrected chi connectivity index (χ4v) is 2.83. The molecule has 1 aliphatic heterocycles. The maximum atomic E-state index is 12.3. The molecule has 0 radical (unpaired) electrons. The van der Waals surface area contributed by atoms with Gasteiger partial charge in [0.25, 0.3) is 5.91 Å². The molecule has 1 aliphatic rings. The molecule has 0 spiro atoms. The number of piperidine rings is 1. The van der Waals surface area contributed by atoms with Gasteiger partial charge in [-0.05, 0) is 48.7 Å². The Hall–Kier alpha value is -2.37. The zero-order chi connectivity index (χ0) is 16.9. The fraction of sp³-hybridized carbons (Fsp3) is 0.263. The first-order valence-electron chi connectivity index (χ1n) is 8.18. The molecule has 0 atom stereocenters. The third kappa shape index (κ3) is 4.59. The number of nitrogens with two attached hydrogens (primary N) is 1. The van der Waals surface area contributed by atoms with E-state index < -0.39 is 0 Å². The van der Waals surface area contributed by atoms with Crippen LogP contribution < -0.4 is 16.0 Å². The summed E-state index contributed by atoms with van der Waals surface area (Å²) in [5.41, 5.74) is 8.63. The van der Waals surface area contributed by atoms with Crippen LogP contribution in [0.5, 0.6) is 0 Å². The van der Waals surface area contributed by atoms with Crippen LogP contribution in [0.2, 0.25) is 0 Å². The molecule has 5 nitrogen and oxygen atoms in total. The van der Waals surface area contributed by atoms with Crippen molar-refractivity contribution in [3.63, 3.8) is 0 Å². The Labute approximate surface area is 153 Å². The molecular formula is C19H22ClN3O2. The third-order valence-electron chi connectivity index (χ3n) is 4.19. The number of amides is 2. The predicted octanol–water partition coefficient (Wildman–Crippen LogP) is 3.34. The van der Waals surface area contributed by atoms with Crippen molar-refractivity contribution in [2.24, 2.45) is 5.73 Å². The summed E-state index contributed by atoms with van der Waals surface area (Å²) in [5.74, 6) is -0.0391. The number of hydrogen-bond donors (Lipinski definition) is 2. The summed E-state index contributed by atoms with van der Waals surface area (Å²) in [6.45, 7) is 1.19. The van der Waals surface area contributed by atoms with Gasteiger partial charge in [0.15, 0.2) is 0 Å². The smallest absolute Gasteiger partial charge is 0.255 e. The molecule has 25 heavy (non-hydrogen) atoms. The zero-order valence-electron chi connectivity index (χ0n) is 13.9. The molecule has 0 aliphatic carbocycles. The largest absolute Gasteiger partial charge is 0.326 e. The second kappa shape index (κ2) is 8.65. The van der Waals surface area contributed by atoms with Gasteiger partial charge >= 0.3 is 0 Å². The van der Waals surface area contributed by atoms with E-state index in [1.807, 2.05) is 36.4 Å². The summed E-state index contributed by atoms with van der Waals surface area (Å²) >= 11 is 0.